The Morgan fingerprint density at radius 2 is 2.18 bits per heavy atom. The number of amides is 1. The number of hydrogen-bond donors (Lipinski definition) is 2. The van der Waals surface area contributed by atoms with Gasteiger partial charge in [0.2, 0.25) is 5.91 Å². The van der Waals surface area contributed by atoms with E-state index in [1.165, 1.54) is 10.6 Å². The molecule has 2 N–H and O–H groups in total. The highest BCUT2D eigenvalue weighted by molar-refractivity contribution is 5.77. The molecule has 0 fully saturated rings. The minimum atomic E-state index is -0.766. The molecule has 1 aromatic rings. The summed E-state index contributed by atoms with van der Waals surface area (Å²) in [7, 11) is 0. The molecular formula is C12H18N2O3. The molecule has 1 heterocycles. The van der Waals surface area contributed by atoms with Gasteiger partial charge < -0.3 is 15.0 Å². The number of pyridine rings is 1. The van der Waals surface area contributed by atoms with Crippen molar-refractivity contribution in [2.24, 2.45) is 5.92 Å². The van der Waals surface area contributed by atoms with Crippen molar-refractivity contribution in [3.8, 4) is 0 Å². The Morgan fingerprint density at radius 1 is 1.47 bits per heavy atom. The fraction of sp³-hybridized carbons (Fsp3) is 0.500. The summed E-state index contributed by atoms with van der Waals surface area (Å²) in [5.74, 6) is -0.217. The summed E-state index contributed by atoms with van der Waals surface area (Å²) >= 11 is 0. The van der Waals surface area contributed by atoms with Crippen LogP contribution in [-0.4, -0.2) is 28.2 Å². The fourth-order valence-corrected chi connectivity index (χ4v) is 1.33. The average Bonchev–Trinajstić information content (AvgIpc) is 2.29. The van der Waals surface area contributed by atoms with E-state index < -0.39 is 6.10 Å². The lowest BCUT2D eigenvalue weighted by Gasteiger charge is -2.14. The Labute approximate surface area is 100 Å². The van der Waals surface area contributed by atoms with E-state index in [1.54, 1.807) is 32.2 Å². The number of aliphatic hydroxyl groups excluding tert-OH is 1. The third-order valence-corrected chi connectivity index (χ3v) is 2.34. The molecule has 17 heavy (non-hydrogen) atoms. The summed E-state index contributed by atoms with van der Waals surface area (Å²) in [6.45, 7) is 3.89. The van der Waals surface area contributed by atoms with Gasteiger partial charge in [-0.1, -0.05) is 19.9 Å². The first kappa shape index (κ1) is 13.4. The lowest BCUT2D eigenvalue weighted by Crippen LogP contribution is -2.38. The minimum absolute atomic E-state index is 0.107. The lowest BCUT2D eigenvalue weighted by molar-refractivity contribution is -0.124. The maximum absolute atomic E-state index is 11.4. The van der Waals surface area contributed by atoms with Crippen LogP contribution in [0.1, 0.15) is 13.8 Å². The molecule has 1 atom stereocenters. The Kier molecular flexibility index (Phi) is 4.90. The van der Waals surface area contributed by atoms with Crippen LogP contribution in [0.5, 0.6) is 0 Å². The summed E-state index contributed by atoms with van der Waals surface area (Å²) in [6, 6.07) is 4.80. The van der Waals surface area contributed by atoms with E-state index in [-0.39, 0.29) is 30.5 Å². The van der Waals surface area contributed by atoms with E-state index in [4.69, 9.17) is 0 Å². The minimum Gasteiger partial charge on any atom is -0.389 e. The van der Waals surface area contributed by atoms with Crippen molar-refractivity contribution in [3.63, 3.8) is 0 Å². The van der Waals surface area contributed by atoms with Crippen LogP contribution in [0.15, 0.2) is 29.2 Å². The van der Waals surface area contributed by atoms with Crippen LogP contribution in [0.2, 0.25) is 0 Å². The number of rotatable bonds is 5. The van der Waals surface area contributed by atoms with Crippen molar-refractivity contribution >= 4 is 5.91 Å². The summed E-state index contributed by atoms with van der Waals surface area (Å²) in [4.78, 5) is 22.6. The zero-order chi connectivity index (χ0) is 12.8. The molecule has 0 spiro atoms. The number of carbonyl (C=O) groups excluding carboxylic acids is 1. The first-order chi connectivity index (χ1) is 8.00. The zero-order valence-electron chi connectivity index (χ0n) is 10.1. The van der Waals surface area contributed by atoms with Crippen LogP contribution in [-0.2, 0) is 11.3 Å². The third-order valence-electron chi connectivity index (χ3n) is 2.34. The molecule has 5 nitrogen and oxygen atoms in total. The standard InChI is InChI=1S/C12H18N2O3/c1-9(2)12(17)13-7-10(15)8-14-6-4-3-5-11(14)16/h3-6,9-10,15H,7-8H2,1-2H3,(H,13,17). The van der Waals surface area contributed by atoms with Gasteiger partial charge in [0, 0.05) is 24.7 Å². The maximum Gasteiger partial charge on any atom is 0.250 e. The highest BCUT2D eigenvalue weighted by atomic mass is 16.3. The van der Waals surface area contributed by atoms with Crippen molar-refractivity contribution in [1.29, 1.82) is 0 Å². The molecule has 0 aliphatic heterocycles. The molecule has 0 saturated heterocycles. The van der Waals surface area contributed by atoms with E-state index in [2.05, 4.69) is 5.32 Å². The highest BCUT2D eigenvalue weighted by Gasteiger charge is 2.10. The predicted octanol–water partition coefficient (Wildman–Crippen LogP) is -0.0186. The molecule has 5 heteroatoms. The van der Waals surface area contributed by atoms with Crippen molar-refractivity contribution in [2.45, 2.75) is 26.5 Å². The number of carbonyl (C=O) groups is 1. The van der Waals surface area contributed by atoms with Gasteiger partial charge in [0.15, 0.2) is 0 Å². The molecule has 1 unspecified atom stereocenters. The van der Waals surface area contributed by atoms with E-state index in [0.717, 1.165) is 0 Å². The van der Waals surface area contributed by atoms with Gasteiger partial charge >= 0.3 is 0 Å². The van der Waals surface area contributed by atoms with Gasteiger partial charge in [0.1, 0.15) is 0 Å². The van der Waals surface area contributed by atoms with Crippen LogP contribution in [0.3, 0.4) is 0 Å². The van der Waals surface area contributed by atoms with E-state index in [0.29, 0.717) is 0 Å². The second-order valence-corrected chi connectivity index (χ2v) is 4.24. The topological polar surface area (TPSA) is 71.3 Å². The number of aromatic nitrogens is 1. The molecule has 1 amide bonds. The number of aliphatic hydroxyl groups is 1. The first-order valence-electron chi connectivity index (χ1n) is 5.62. The second kappa shape index (κ2) is 6.20. The van der Waals surface area contributed by atoms with Crippen LogP contribution in [0.25, 0.3) is 0 Å². The largest absolute Gasteiger partial charge is 0.389 e. The Balaban J connectivity index is 2.45. The Morgan fingerprint density at radius 3 is 2.76 bits per heavy atom. The van der Waals surface area contributed by atoms with Crippen LogP contribution >= 0.6 is 0 Å². The Bertz CT molecular complexity index is 426. The molecule has 0 bridgehead atoms. The quantitative estimate of drug-likeness (QED) is 0.757. The molecule has 94 valence electrons. The fourth-order valence-electron chi connectivity index (χ4n) is 1.33. The SMILES string of the molecule is CC(C)C(=O)NCC(O)Cn1ccccc1=O. The summed E-state index contributed by atoms with van der Waals surface area (Å²) in [5, 5.41) is 12.3. The van der Waals surface area contributed by atoms with Gasteiger partial charge in [-0.15, -0.1) is 0 Å². The first-order valence-corrected chi connectivity index (χ1v) is 5.62. The number of nitrogens with zero attached hydrogens (tertiary/aromatic N) is 1. The van der Waals surface area contributed by atoms with E-state index in [1.807, 2.05) is 0 Å². The van der Waals surface area contributed by atoms with Gasteiger partial charge in [-0.2, -0.15) is 0 Å². The van der Waals surface area contributed by atoms with Gasteiger partial charge in [-0.25, -0.2) is 0 Å². The number of hydrogen-bond acceptors (Lipinski definition) is 3. The molecule has 1 aromatic heterocycles. The van der Waals surface area contributed by atoms with E-state index in [9.17, 15) is 14.7 Å². The van der Waals surface area contributed by atoms with Gasteiger partial charge in [0.25, 0.3) is 5.56 Å². The molecule has 0 aliphatic rings. The lowest BCUT2D eigenvalue weighted by atomic mass is 10.2. The second-order valence-electron chi connectivity index (χ2n) is 4.24. The maximum atomic E-state index is 11.4. The molecule has 0 aliphatic carbocycles. The van der Waals surface area contributed by atoms with E-state index >= 15 is 0 Å². The normalized spacial score (nSPS) is 12.5. The highest BCUT2D eigenvalue weighted by Crippen LogP contribution is 1.92. The summed E-state index contributed by atoms with van der Waals surface area (Å²) < 4.78 is 1.41. The molecule has 0 radical (unpaired) electrons. The molecule has 1 rings (SSSR count). The monoisotopic (exact) mass is 238 g/mol. The third kappa shape index (κ3) is 4.40. The molecule has 0 aromatic carbocycles. The van der Waals surface area contributed by atoms with Crippen molar-refractivity contribution < 1.29 is 9.90 Å². The predicted molar refractivity (Wildman–Crippen MR) is 64.6 cm³/mol. The summed E-state index contributed by atoms with van der Waals surface area (Å²) in [6.07, 6.45) is 0.841. The van der Waals surface area contributed by atoms with Crippen molar-refractivity contribution in [1.82, 2.24) is 9.88 Å². The van der Waals surface area contributed by atoms with Crippen molar-refractivity contribution in [3.05, 3.63) is 34.7 Å². The van der Waals surface area contributed by atoms with Gasteiger partial charge in [-0.05, 0) is 6.07 Å². The zero-order valence-corrected chi connectivity index (χ0v) is 10.1. The van der Waals surface area contributed by atoms with Crippen molar-refractivity contribution in [2.75, 3.05) is 6.54 Å². The smallest absolute Gasteiger partial charge is 0.250 e. The average molecular weight is 238 g/mol. The van der Waals surface area contributed by atoms with Gasteiger partial charge in [-0.3, -0.25) is 9.59 Å². The Hall–Kier alpha value is -1.62. The molecular weight excluding hydrogens is 220 g/mol. The van der Waals surface area contributed by atoms with Crippen LogP contribution < -0.4 is 10.9 Å². The van der Waals surface area contributed by atoms with Crippen LogP contribution in [0, 0.1) is 5.92 Å². The van der Waals surface area contributed by atoms with Gasteiger partial charge in [0.05, 0.1) is 12.6 Å². The summed E-state index contributed by atoms with van der Waals surface area (Å²) in [5.41, 5.74) is -0.165. The number of nitrogens with one attached hydrogen (secondary N) is 1. The molecule has 0 saturated carbocycles. The van der Waals surface area contributed by atoms with Crippen LogP contribution in [0.4, 0.5) is 0 Å².